The normalized spacial score (nSPS) is 21.2. The first-order valence-electron chi connectivity index (χ1n) is 6.84. The van der Waals surface area contributed by atoms with E-state index in [1.165, 1.54) is 12.8 Å². The molecule has 1 unspecified atom stereocenters. The standard InChI is InChI=1S/C15H22BrNO2/c1-11(18)13-5-6-15(14(16)8-13)17(2)9-12-4-3-7-19-10-12/h5-6,8,11-12,18H,3-4,7,9-10H2,1-2H3/t11-,12?/m1/s1. The number of hydrogen-bond acceptors (Lipinski definition) is 3. The summed E-state index contributed by atoms with van der Waals surface area (Å²) in [6.07, 6.45) is 1.98. The summed E-state index contributed by atoms with van der Waals surface area (Å²) in [5.74, 6) is 0.613. The summed E-state index contributed by atoms with van der Waals surface area (Å²) in [6.45, 7) is 4.57. The third-order valence-electron chi connectivity index (χ3n) is 3.65. The van der Waals surface area contributed by atoms with E-state index in [1.807, 2.05) is 12.1 Å². The van der Waals surface area contributed by atoms with Crippen molar-refractivity contribution in [3.05, 3.63) is 28.2 Å². The molecule has 1 aromatic rings. The van der Waals surface area contributed by atoms with Crippen LogP contribution < -0.4 is 4.90 Å². The van der Waals surface area contributed by atoms with Crippen molar-refractivity contribution in [2.75, 3.05) is 31.7 Å². The van der Waals surface area contributed by atoms with Gasteiger partial charge >= 0.3 is 0 Å². The zero-order valence-corrected chi connectivity index (χ0v) is 13.2. The summed E-state index contributed by atoms with van der Waals surface area (Å²) in [5, 5.41) is 9.59. The maximum atomic E-state index is 9.59. The molecule has 0 spiro atoms. The molecular weight excluding hydrogens is 306 g/mol. The second-order valence-corrected chi connectivity index (χ2v) is 6.20. The van der Waals surface area contributed by atoms with Crippen molar-refractivity contribution in [2.24, 2.45) is 5.92 Å². The highest BCUT2D eigenvalue weighted by atomic mass is 79.9. The molecule has 0 radical (unpaired) electrons. The molecule has 2 atom stereocenters. The van der Waals surface area contributed by atoms with Gasteiger partial charge in [0.2, 0.25) is 0 Å². The molecule has 1 aliphatic rings. The van der Waals surface area contributed by atoms with Gasteiger partial charge in [0.1, 0.15) is 0 Å². The molecule has 0 amide bonds. The van der Waals surface area contributed by atoms with Crippen molar-refractivity contribution in [1.29, 1.82) is 0 Å². The molecule has 0 bridgehead atoms. The Morgan fingerprint density at radius 1 is 1.53 bits per heavy atom. The van der Waals surface area contributed by atoms with Crippen LogP contribution in [0, 0.1) is 5.92 Å². The molecular formula is C15H22BrNO2. The van der Waals surface area contributed by atoms with Crippen molar-refractivity contribution in [3.63, 3.8) is 0 Å². The van der Waals surface area contributed by atoms with Gasteiger partial charge in [-0.1, -0.05) is 6.07 Å². The van der Waals surface area contributed by atoms with Crippen molar-refractivity contribution in [2.45, 2.75) is 25.9 Å². The first-order chi connectivity index (χ1) is 9.08. The van der Waals surface area contributed by atoms with Crippen LogP contribution in [0.3, 0.4) is 0 Å². The third kappa shape index (κ3) is 3.94. The van der Waals surface area contributed by atoms with Crippen molar-refractivity contribution in [1.82, 2.24) is 0 Å². The first-order valence-corrected chi connectivity index (χ1v) is 7.63. The van der Waals surface area contributed by atoms with E-state index >= 15 is 0 Å². The molecule has 0 aromatic heterocycles. The lowest BCUT2D eigenvalue weighted by molar-refractivity contribution is 0.0576. The monoisotopic (exact) mass is 327 g/mol. The lowest BCUT2D eigenvalue weighted by atomic mass is 10.0. The summed E-state index contributed by atoms with van der Waals surface area (Å²) in [6, 6.07) is 6.04. The fourth-order valence-corrected chi connectivity index (χ4v) is 3.23. The molecule has 1 aromatic carbocycles. The summed E-state index contributed by atoms with van der Waals surface area (Å²) in [5.41, 5.74) is 2.10. The summed E-state index contributed by atoms with van der Waals surface area (Å²) < 4.78 is 6.56. The minimum Gasteiger partial charge on any atom is -0.389 e. The summed E-state index contributed by atoms with van der Waals surface area (Å²) >= 11 is 3.60. The van der Waals surface area contributed by atoms with Gasteiger partial charge in [0.15, 0.2) is 0 Å². The number of anilines is 1. The average Bonchev–Trinajstić information content (AvgIpc) is 2.39. The lowest BCUT2D eigenvalue weighted by Gasteiger charge is -2.29. The fourth-order valence-electron chi connectivity index (χ4n) is 2.53. The number of rotatable bonds is 4. The first kappa shape index (κ1) is 14.8. The molecule has 1 aliphatic heterocycles. The Balaban J connectivity index is 2.03. The molecule has 1 saturated heterocycles. The number of benzene rings is 1. The Kier molecular flexibility index (Phi) is 5.25. The highest BCUT2D eigenvalue weighted by Gasteiger charge is 2.17. The van der Waals surface area contributed by atoms with Crippen molar-refractivity contribution < 1.29 is 9.84 Å². The van der Waals surface area contributed by atoms with Gasteiger partial charge in [-0.2, -0.15) is 0 Å². The smallest absolute Gasteiger partial charge is 0.0762 e. The van der Waals surface area contributed by atoms with Crippen LogP contribution in [0.4, 0.5) is 5.69 Å². The van der Waals surface area contributed by atoms with Crippen LogP contribution in [0.5, 0.6) is 0 Å². The quantitative estimate of drug-likeness (QED) is 0.920. The Morgan fingerprint density at radius 3 is 2.89 bits per heavy atom. The predicted molar refractivity (Wildman–Crippen MR) is 81.6 cm³/mol. The highest BCUT2D eigenvalue weighted by Crippen LogP contribution is 2.29. The maximum absolute atomic E-state index is 9.59. The Bertz CT molecular complexity index is 417. The molecule has 1 N–H and O–H groups in total. The van der Waals surface area contributed by atoms with Gasteiger partial charge in [0, 0.05) is 24.7 Å². The number of hydrogen-bond donors (Lipinski definition) is 1. The zero-order valence-electron chi connectivity index (χ0n) is 11.6. The molecule has 0 saturated carbocycles. The van der Waals surface area contributed by atoms with Gasteiger partial charge in [0.25, 0.3) is 0 Å². The highest BCUT2D eigenvalue weighted by molar-refractivity contribution is 9.10. The number of halogens is 1. The molecule has 3 nitrogen and oxygen atoms in total. The molecule has 19 heavy (non-hydrogen) atoms. The van der Waals surface area contributed by atoms with E-state index in [2.05, 4.69) is 33.9 Å². The van der Waals surface area contributed by atoms with Gasteiger partial charge in [-0.25, -0.2) is 0 Å². The van der Waals surface area contributed by atoms with E-state index in [-0.39, 0.29) is 0 Å². The fraction of sp³-hybridized carbons (Fsp3) is 0.600. The van der Waals surface area contributed by atoms with Gasteiger partial charge in [-0.3, -0.25) is 0 Å². The van der Waals surface area contributed by atoms with E-state index in [0.717, 1.165) is 35.5 Å². The number of nitrogens with zero attached hydrogens (tertiary/aromatic N) is 1. The van der Waals surface area contributed by atoms with Crippen LogP contribution in [-0.4, -0.2) is 31.9 Å². The minimum absolute atomic E-state index is 0.428. The topological polar surface area (TPSA) is 32.7 Å². The SMILES string of the molecule is C[C@@H](O)c1ccc(N(C)CC2CCCOC2)c(Br)c1. The molecule has 2 rings (SSSR count). The van der Waals surface area contributed by atoms with E-state index in [1.54, 1.807) is 6.92 Å². The van der Waals surface area contributed by atoms with Crippen molar-refractivity contribution in [3.8, 4) is 0 Å². The minimum atomic E-state index is -0.428. The van der Waals surface area contributed by atoms with Crippen LogP contribution >= 0.6 is 15.9 Å². The van der Waals surface area contributed by atoms with E-state index in [4.69, 9.17) is 4.74 Å². The Hall–Kier alpha value is -0.580. The molecule has 0 aliphatic carbocycles. The van der Waals surface area contributed by atoms with Crippen molar-refractivity contribution >= 4 is 21.6 Å². The van der Waals surface area contributed by atoms with E-state index in [0.29, 0.717) is 5.92 Å². The largest absolute Gasteiger partial charge is 0.389 e. The number of aliphatic hydroxyl groups is 1. The van der Waals surface area contributed by atoms with Crippen LogP contribution in [0.1, 0.15) is 31.4 Å². The molecule has 1 fully saturated rings. The molecule has 1 heterocycles. The average molecular weight is 328 g/mol. The predicted octanol–water partition coefficient (Wildman–Crippen LogP) is 3.37. The van der Waals surface area contributed by atoms with Gasteiger partial charge in [-0.05, 0) is 59.3 Å². The van der Waals surface area contributed by atoms with E-state index < -0.39 is 6.10 Å². The number of aliphatic hydroxyl groups excluding tert-OH is 1. The molecule has 4 heteroatoms. The lowest BCUT2D eigenvalue weighted by Crippen LogP contribution is -2.31. The van der Waals surface area contributed by atoms with E-state index in [9.17, 15) is 5.11 Å². The van der Waals surface area contributed by atoms with Gasteiger partial charge < -0.3 is 14.7 Å². The summed E-state index contributed by atoms with van der Waals surface area (Å²) in [4.78, 5) is 2.26. The molecule has 106 valence electrons. The van der Waals surface area contributed by atoms with Gasteiger partial charge in [-0.15, -0.1) is 0 Å². The third-order valence-corrected chi connectivity index (χ3v) is 4.29. The second kappa shape index (κ2) is 6.73. The van der Waals surface area contributed by atoms with Crippen LogP contribution in [-0.2, 0) is 4.74 Å². The Labute approximate surface area is 123 Å². The van der Waals surface area contributed by atoms with Crippen LogP contribution in [0.2, 0.25) is 0 Å². The zero-order chi connectivity index (χ0) is 13.8. The van der Waals surface area contributed by atoms with Crippen LogP contribution in [0.25, 0.3) is 0 Å². The Morgan fingerprint density at radius 2 is 2.32 bits per heavy atom. The maximum Gasteiger partial charge on any atom is 0.0762 e. The summed E-state index contributed by atoms with van der Waals surface area (Å²) in [7, 11) is 2.11. The number of ether oxygens (including phenoxy) is 1. The van der Waals surface area contributed by atoms with Crippen LogP contribution in [0.15, 0.2) is 22.7 Å². The second-order valence-electron chi connectivity index (χ2n) is 5.35. The van der Waals surface area contributed by atoms with Gasteiger partial charge in [0.05, 0.1) is 18.4 Å².